The van der Waals surface area contributed by atoms with Crippen LogP contribution in [0, 0.1) is 5.82 Å². The maximum atomic E-state index is 13.3. The molecule has 0 heterocycles. The molecule has 0 aliphatic carbocycles. The molecule has 0 aromatic heterocycles. The maximum Gasteiger partial charge on any atom is 0.236 e. The van der Waals surface area contributed by atoms with Gasteiger partial charge in [-0.3, -0.25) is 4.72 Å². The molecule has 0 radical (unpaired) electrons. The average Bonchev–Trinajstić information content (AvgIpc) is 2.28. The van der Waals surface area contributed by atoms with E-state index < -0.39 is 21.1 Å². The summed E-state index contributed by atoms with van der Waals surface area (Å²) in [6.45, 7) is 4.50. The predicted molar refractivity (Wildman–Crippen MR) is 66.9 cm³/mol. The molecule has 0 saturated heterocycles. The third-order valence-corrected chi connectivity index (χ3v) is 4.07. The first-order valence-electron chi connectivity index (χ1n) is 5.44. The summed E-state index contributed by atoms with van der Waals surface area (Å²) in [5.41, 5.74) is -0.0177. The number of benzene rings is 1. The Balaban J connectivity index is 2.76. The van der Waals surface area contributed by atoms with Gasteiger partial charge >= 0.3 is 0 Å². The number of para-hydroxylation sites is 1. The van der Waals surface area contributed by atoms with Crippen LogP contribution in [0.25, 0.3) is 0 Å². The van der Waals surface area contributed by atoms with Gasteiger partial charge in [0.15, 0.2) is 0 Å². The fourth-order valence-electron chi connectivity index (χ4n) is 1.26. The first-order valence-corrected chi connectivity index (χ1v) is 6.99. The summed E-state index contributed by atoms with van der Waals surface area (Å²) in [5, 5.41) is 2.32. The largest absolute Gasteiger partial charge is 0.316 e. The van der Waals surface area contributed by atoms with Crippen LogP contribution in [-0.4, -0.2) is 26.8 Å². The van der Waals surface area contributed by atoms with Crippen molar-refractivity contribution < 1.29 is 12.8 Å². The summed E-state index contributed by atoms with van der Waals surface area (Å²) in [5.74, 6) is -0.577. The molecule has 1 aromatic rings. The lowest BCUT2D eigenvalue weighted by molar-refractivity contribution is 0.578. The highest BCUT2D eigenvalue weighted by Gasteiger charge is 2.21. The fourth-order valence-corrected chi connectivity index (χ4v) is 2.27. The third kappa shape index (κ3) is 3.98. The molecule has 4 nitrogen and oxygen atoms in total. The molecule has 6 heteroatoms. The van der Waals surface area contributed by atoms with Crippen LogP contribution in [-0.2, 0) is 10.0 Å². The van der Waals surface area contributed by atoms with Crippen LogP contribution >= 0.6 is 0 Å². The standard InChI is InChI=1S/C11H17FN2O2S/c1-3-13-8-9(2)17(15,16)14-11-7-5-4-6-10(11)12/h4-7,9,13-14H,3,8H2,1-2H3. The van der Waals surface area contributed by atoms with Gasteiger partial charge in [0, 0.05) is 6.54 Å². The maximum absolute atomic E-state index is 13.3. The minimum atomic E-state index is -3.56. The van der Waals surface area contributed by atoms with Gasteiger partial charge in [0.05, 0.1) is 10.9 Å². The van der Waals surface area contributed by atoms with E-state index in [-0.39, 0.29) is 5.69 Å². The Morgan fingerprint density at radius 1 is 1.35 bits per heavy atom. The Hall–Kier alpha value is -1.14. The zero-order valence-electron chi connectivity index (χ0n) is 9.90. The molecule has 1 aromatic carbocycles. The van der Waals surface area contributed by atoms with E-state index in [0.29, 0.717) is 13.1 Å². The van der Waals surface area contributed by atoms with Gasteiger partial charge in [0.25, 0.3) is 0 Å². The van der Waals surface area contributed by atoms with E-state index >= 15 is 0 Å². The number of hydrogen-bond donors (Lipinski definition) is 2. The van der Waals surface area contributed by atoms with Crippen LogP contribution < -0.4 is 10.0 Å². The summed E-state index contributed by atoms with van der Waals surface area (Å²) in [4.78, 5) is 0. The Bertz CT molecular complexity index is 462. The first kappa shape index (κ1) is 13.9. The Morgan fingerprint density at radius 2 is 2.00 bits per heavy atom. The minimum absolute atomic E-state index is 0.0177. The second-order valence-electron chi connectivity index (χ2n) is 3.75. The van der Waals surface area contributed by atoms with E-state index in [0.717, 1.165) is 0 Å². The van der Waals surface area contributed by atoms with Crippen molar-refractivity contribution in [2.75, 3.05) is 17.8 Å². The number of hydrogen-bond acceptors (Lipinski definition) is 3. The van der Waals surface area contributed by atoms with Gasteiger partial charge in [0.2, 0.25) is 10.0 Å². The molecule has 0 fully saturated rings. The molecular weight excluding hydrogens is 243 g/mol. The molecule has 0 spiro atoms. The molecule has 0 aliphatic rings. The zero-order valence-corrected chi connectivity index (χ0v) is 10.7. The van der Waals surface area contributed by atoms with Crippen LogP contribution in [0.2, 0.25) is 0 Å². The second kappa shape index (κ2) is 5.97. The SMILES string of the molecule is CCNCC(C)S(=O)(=O)Nc1ccccc1F. The molecule has 1 unspecified atom stereocenters. The molecule has 17 heavy (non-hydrogen) atoms. The van der Waals surface area contributed by atoms with Crippen molar-refractivity contribution in [2.24, 2.45) is 0 Å². The van der Waals surface area contributed by atoms with Crippen molar-refractivity contribution in [3.63, 3.8) is 0 Å². The summed E-state index contributed by atoms with van der Waals surface area (Å²) in [7, 11) is -3.56. The van der Waals surface area contributed by atoms with Gasteiger partial charge in [-0.05, 0) is 25.6 Å². The lowest BCUT2D eigenvalue weighted by Gasteiger charge is -2.15. The van der Waals surface area contributed by atoms with Gasteiger partial charge in [0.1, 0.15) is 5.82 Å². The molecule has 0 bridgehead atoms. The van der Waals surface area contributed by atoms with E-state index in [4.69, 9.17) is 0 Å². The van der Waals surface area contributed by atoms with Crippen molar-refractivity contribution in [1.29, 1.82) is 0 Å². The third-order valence-electron chi connectivity index (χ3n) is 2.34. The topological polar surface area (TPSA) is 58.2 Å². The number of anilines is 1. The van der Waals surface area contributed by atoms with Gasteiger partial charge in [-0.15, -0.1) is 0 Å². The molecule has 1 atom stereocenters. The minimum Gasteiger partial charge on any atom is -0.316 e. The molecule has 0 aliphatic heterocycles. The first-order chi connectivity index (χ1) is 7.97. The number of rotatable bonds is 6. The van der Waals surface area contributed by atoms with Crippen LogP contribution in [0.15, 0.2) is 24.3 Å². The van der Waals surface area contributed by atoms with E-state index in [9.17, 15) is 12.8 Å². The molecule has 0 saturated carbocycles. The summed E-state index contributed by atoms with van der Waals surface area (Å²) in [6, 6.07) is 5.70. The lowest BCUT2D eigenvalue weighted by Crippen LogP contribution is -2.34. The second-order valence-corrected chi connectivity index (χ2v) is 5.84. The number of sulfonamides is 1. The molecule has 1 rings (SSSR count). The smallest absolute Gasteiger partial charge is 0.236 e. The van der Waals surface area contributed by atoms with Gasteiger partial charge in [-0.1, -0.05) is 19.1 Å². The van der Waals surface area contributed by atoms with Crippen molar-refractivity contribution >= 4 is 15.7 Å². The van der Waals surface area contributed by atoms with Gasteiger partial charge in [-0.25, -0.2) is 12.8 Å². The van der Waals surface area contributed by atoms with Gasteiger partial charge < -0.3 is 5.32 Å². The van der Waals surface area contributed by atoms with E-state index in [1.807, 2.05) is 6.92 Å². The van der Waals surface area contributed by atoms with E-state index in [1.165, 1.54) is 18.2 Å². The van der Waals surface area contributed by atoms with Crippen LogP contribution in [0.3, 0.4) is 0 Å². The van der Waals surface area contributed by atoms with E-state index in [1.54, 1.807) is 13.0 Å². The van der Waals surface area contributed by atoms with Crippen molar-refractivity contribution in [1.82, 2.24) is 5.32 Å². The highest BCUT2D eigenvalue weighted by molar-refractivity contribution is 7.93. The quantitative estimate of drug-likeness (QED) is 0.816. The lowest BCUT2D eigenvalue weighted by atomic mass is 10.3. The van der Waals surface area contributed by atoms with Crippen molar-refractivity contribution in [3.8, 4) is 0 Å². The van der Waals surface area contributed by atoms with Crippen molar-refractivity contribution in [2.45, 2.75) is 19.1 Å². The highest BCUT2D eigenvalue weighted by Crippen LogP contribution is 2.15. The molecular formula is C11H17FN2O2S. The molecule has 0 amide bonds. The molecule has 2 N–H and O–H groups in total. The number of halogens is 1. The average molecular weight is 260 g/mol. The monoisotopic (exact) mass is 260 g/mol. The van der Waals surface area contributed by atoms with Crippen LogP contribution in [0.5, 0.6) is 0 Å². The van der Waals surface area contributed by atoms with Crippen LogP contribution in [0.4, 0.5) is 10.1 Å². The number of nitrogens with one attached hydrogen (secondary N) is 2. The Kier molecular flexibility index (Phi) is 4.89. The summed E-state index contributed by atoms with van der Waals surface area (Å²) >= 11 is 0. The Morgan fingerprint density at radius 3 is 2.59 bits per heavy atom. The Labute approximate surface area is 101 Å². The predicted octanol–water partition coefficient (Wildman–Crippen LogP) is 1.57. The normalized spacial score (nSPS) is 13.4. The van der Waals surface area contributed by atoms with E-state index in [2.05, 4.69) is 10.0 Å². The van der Waals surface area contributed by atoms with Crippen LogP contribution in [0.1, 0.15) is 13.8 Å². The highest BCUT2D eigenvalue weighted by atomic mass is 32.2. The van der Waals surface area contributed by atoms with Gasteiger partial charge in [-0.2, -0.15) is 0 Å². The summed E-state index contributed by atoms with van der Waals surface area (Å²) in [6.07, 6.45) is 0. The zero-order chi connectivity index (χ0) is 12.9. The summed E-state index contributed by atoms with van der Waals surface area (Å²) < 4.78 is 39.2. The fraction of sp³-hybridized carbons (Fsp3) is 0.455. The molecule has 96 valence electrons. The van der Waals surface area contributed by atoms with Crippen molar-refractivity contribution in [3.05, 3.63) is 30.1 Å².